The molecule has 0 aliphatic carbocycles. The summed E-state index contributed by atoms with van der Waals surface area (Å²) in [5, 5.41) is 3.29. The monoisotopic (exact) mass is 113 g/mol. The van der Waals surface area contributed by atoms with Crippen molar-refractivity contribution in [1.82, 2.24) is 5.32 Å². The number of hydrogen-bond acceptors (Lipinski definition) is 2. The van der Waals surface area contributed by atoms with Gasteiger partial charge in [0.05, 0.1) is 6.10 Å². The summed E-state index contributed by atoms with van der Waals surface area (Å²) >= 11 is 0. The summed E-state index contributed by atoms with van der Waals surface area (Å²) in [6, 6.07) is 0. The molecule has 1 N–H and O–H groups in total. The lowest BCUT2D eigenvalue weighted by atomic mass is 10.2. The van der Waals surface area contributed by atoms with Gasteiger partial charge >= 0.3 is 0 Å². The number of rotatable bonds is 0. The summed E-state index contributed by atoms with van der Waals surface area (Å²) in [6.45, 7) is 1.16. The van der Waals surface area contributed by atoms with Crippen molar-refractivity contribution in [2.75, 3.05) is 6.54 Å². The van der Waals surface area contributed by atoms with Crippen LogP contribution in [0, 0.1) is 0 Å². The Bertz CT molecular complexity index is 80.5. The van der Waals surface area contributed by atoms with Crippen LogP contribution in [-0.4, -0.2) is 18.9 Å². The lowest BCUT2D eigenvalue weighted by Gasteiger charge is -2.20. The van der Waals surface area contributed by atoms with Crippen LogP contribution in [0.15, 0.2) is 0 Å². The summed E-state index contributed by atoms with van der Waals surface area (Å²) in [5.41, 5.74) is 0. The maximum absolute atomic E-state index is 5.49. The highest BCUT2D eigenvalue weighted by atomic mass is 16.5. The first kappa shape index (κ1) is 4.77. The summed E-state index contributed by atoms with van der Waals surface area (Å²) in [4.78, 5) is 0. The van der Waals surface area contributed by atoms with Crippen LogP contribution in [-0.2, 0) is 4.74 Å². The second kappa shape index (κ2) is 1.71. The van der Waals surface area contributed by atoms with Gasteiger partial charge in [-0.25, -0.2) is 0 Å². The van der Waals surface area contributed by atoms with E-state index in [0.717, 1.165) is 6.54 Å². The summed E-state index contributed by atoms with van der Waals surface area (Å²) in [6.07, 6.45) is 4.73. The van der Waals surface area contributed by atoms with Gasteiger partial charge in [-0.3, -0.25) is 5.32 Å². The van der Waals surface area contributed by atoms with Gasteiger partial charge in [0.2, 0.25) is 0 Å². The van der Waals surface area contributed by atoms with Crippen molar-refractivity contribution in [3.63, 3.8) is 0 Å². The molecule has 0 radical (unpaired) electrons. The second-order valence-corrected chi connectivity index (χ2v) is 2.57. The fourth-order valence-electron chi connectivity index (χ4n) is 1.47. The summed E-state index contributed by atoms with van der Waals surface area (Å²) < 4.78 is 5.49. The molecule has 2 saturated heterocycles. The highest BCUT2D eigenvalue weighted by molar-refractivity contribution is 4.77. The van der Waals surface area contributed by atoms with Crippen LogP contribution >= 0.6 is 0 Å². The second-order valence-electron chi connectivity index (χ2n) is 2.57. The lowest BCUT2D eigenvalue weighted by molar-refractivity contribution is -0.00630. The van der Waals surface area contributed by atoms with Crippen LogP contribution in [0.1, 0.15) is 19.3 Å². The molecule has 46 valence electrons. The van der Waals surface area contributed by atoms with Gasteiger partial charge in [-0.15, -0.1) is 0 Å². The average molecular weight is 113 g/mol. The summed E-state index contributed by atoms with van der Waals surface area (Å²) in [5.74, 6) is 0. The van der Waals surface area contributed by atoms with Crippen molar-refractivity contribution < 1.29 is 4.74 Å². The van der Waals surface area contributed by atoms with Crippen molar-refractivity contribution in [2.45, 2.75) is 31.6 Å². The molecule has 2 rings (SSSR count). The lowest BCUT2D eigenvalue weighted by Crippen LogP contribution is -2.35. The molecule has 0 saturated carbocycles. The number of ether oxygens (including phenoxy) is 1. The molecule has 8 heavy (non-hydrogen) atoms. The topological polar surface area (TPSA) is 21.3 Å². The van der Waals surface area contributed by atoms with E-state index in [-0.39, 0.29) is 0 Å². The largest absolute Gasteiger partial charge is 0.360 e. The first-order valence-corrected chi connectivity index (χ1v) is 3.34. The number of hydrogen-bond donors (Lipinski definition) is 1. The predicted molar refractivity (Wildman–Crippen MR) is 30.5 cm³/mol. The molecule has 2 bridgehead atoms. The van der Waals surface area contributed by atoms with E-state index in [1.807, 2.05) is 0 Å². The highest BCUT2D eigenvalue weighted by Crippen LogP contribution is 2.23. The molecule has 2 aliphatic heterocycles. The van der Waals surface area contributed by atoms with Gasteiger partial charge in [-0.05, 0) is 25.8 Å². The summed E-state index contributed by atoms with van der Waals surface area (Å²) in [7, 11) is 0. The zero-order valence-corrected chi connectivity index (χ0v) is 4.89. The minimum Gasteiger partial charge on any atom is -0.360 e. The zero-order valence-electron chi connectivity index (χ0n) is 4.89. The van der Waals surface area contributed by atoms with Crippen LogP contribution in [0.3, 0.4) is 0 Å². The van der Waals surface area contributed by atoms with Crippen molar-refractivity contribution >= 4 is 0 Å². The van der Waals surface area contributed by atoms with Crippen LogP contribution in [0.25, 0.3) is 0 Å². The Kier molecular flexibility index (Phi) is 1.02. The van der Waals surface area contributed by atoms with E-state index in [1.165, 1.54) is 19.3 Å². The molecule has 2 aliphatic rings. The molecule has 0 aromatic rings. The Balaban J connectivity index is 2.03. The molecular weight excluding hydrogens is 102 g/mol. The van der Waals surface area contributed by atoms with Gasteiger partial charge in [0.1, 0.15) is 6.23 Å². The van der Waals surface area contributed by atoms with Gasteiger partial charge in [-0.2, -0.15) is 0 Å². The van der Waals surface area contributed by atoms with Crippen molar-refractivity contribution in [3.8, 4) is 0 Å². The molecule has 0 aromatic heterocycles. The average Bonchev–Trinajstić information content (AvgIpc) is 2.12. The maximum Gasteiger partial charge on any atom is 0.108 e. The minimum absolute atomic E-state index is 0.411. The van der Waals surface area contributed by atoms with E-state index in [4.69, 9.17) is 4.74 Å². The minimum atomic E-state index is 0.411. The van der Waals surface area contributed by atoms with E-state index in [2.05, 4.69) is 5.32 Å². The third-order valence-corrected chi connectivity index (χ3v) is 1.95. The molecular formula is C6H11NO. The van der Waals surface area contributed by atoms with Gasteiger partial charge in [0.25, 0.3) is 0 Å². The molecule has 0 spiro atoms. The van der Waals surface area contributed by atoms with E-state index in [1.54, 1.807) is 0 Å². The SMILES string of the molecule is C1C[C@@H]2CC[C@H](N1)O2. The van der Waals surface area contributed by atoms with Gasteiger partial charge in [0, 0.05) is 0 Å². The van der Waals surface area contributed by atoms with Crippen LogP contribution < -0.4 is 5.32 Å². The highest BCUT2D eigenvalue weighted by Gasteiger charge is 2.28. The smallest absolute Gasteiger partial charge is 0.108 e. The third kappa shape index (κ3) is 0.644. The molecule has 0 amide bonds. The molecule has 2 heteroatoms. The Hall–Kier alpha value is -0.0800. The van der Waals surface area contributed by atoms with Gasteiger partial charge in [0.15, 0.2) is 0 Å². The molecule has 2 atom stereocenters. The zero-order chi connectivity index (χ0) is 5.40. The molecule has 0 aromatic carbocycles. The van der Waals surface area contributed by atoms with Gasteiger partial charge < -0.3 is 4.74 Å². The van der Waals surface area contributed by atoms with Crippen molar-refractivity contribution in [2.24, 2.45) is 0 Å². The van der Waals surface area contributed by atoms with Crippen LogP contribution in [0.5, 0.6) is 0 Å². The molecule has 0 unspecified atom stereocenters. The Morgan fingerprint density at radius 3 is 3.00 bits per heavy atom. The fraction of sp³-hybridized carbons (Fsp3) is 1.00. The standard InChI is InChI=1S/C6H11NO/c1-2-6-7-4-3-5(1)8-6/h5-7H,1-4H2/t5-,6+/m0/s1. The van der Waals surface area contributed by atoms with E-state index < -0.39 is 0 Å². The van der Waals surface area contributed by atoms with Crippen molar-refractivity contribution in [3.05, 3.63) is 0 Å². The number of nitrogens with one attached hydrogen (secondary N) is 1. The van der Waals surface area contributed by atoms with Crippen LogP contribution in [0.4, 0.5) is 0 Å². The quantitative estimate of drug-likeness (QED) is 0.493. The first-order valence-electron chi connectivity index (χ1n) is 3.34. The van der Waals surface area contributed by atoms with Crippen molar-refractivity contribution in [1.29, 1.82) is 0 Å². The maximum atomic E-state index is 5.49. The predicted octanol–water partition coefficient (Wildman–Crippen LogP) is 0.485. The Morgan fingerprint density at radius 2 is 2.25 bits per heavy atom. The Morgan fingerprint density at radius 1 is 1.25 bits per heavy atom. The first-order chi connectivity index (χ1) is 3.95. The Labute approximate surface area is 49.2 Å². The van der Waals surface area contributed by atoms with E-state index in [9.17, 15) is 0 Å². The van der Waals surface area contributed by atoms with E-state index >= 15 is 0 Å². The fourth-order valence-corrected chi connectivity index (χ4v) is 1.47. The third-order valence-electron chi connectivity index (χ3n) is 1.95. The number of fused-ring (bicyclic) bond motifs is 2. The molecule has 2 nitrogen and oxygen atoms in total. The van der Waals surface area contributed by atoms with E-state index in [0.29, 0.717) is 12.3 Å². The van der Waals surface area contributed by atoms with Gasteiger partial charge in [-0.1, -0.05) is 0 Å². The molecule has 2 fully saturated rings. The normalized spacial score (nSPS) is 45.0. The van der Waals surface area contributed by atoms with Crippen LogP contribution in [0.2, 0.25) is 0 Å². The molecule has 2 heterocycles.